The van der Waals surface area contributed by atoms with Crippen LogP contribution in [0.2, 0.25) is 0 Å². The van der Waals surface area contributed by atoms with Crippen LogP contribution in [0.3, 0.4) is 0 Å². The maximum atomic E-state index is 9.63. The molecular weight excluding hydrogens is 208 g/mol. The summed E-state index contributed by atoms with van der Waals surface area (Å²) in [4.78, 5) is 0.738. The van der Waals surface area contributed by atoms with Gasteiger partial charge in [0, 0.05) is 10.1 Å². The van der Waals surface area contributed by atoms with Gasteiger partial charge in [-0.3, -0.25) is 0 Å². The molecule has 4 heteroatoms. The van der Waals surface area contributed by atoms with Crippen LogP contribution in [0.1, 0.15) is 4.88 Å². The molecule has 0 aliphatic carbocycles. The predicted molar refractivity (Wildman–Crippen MR) is 54.7 cm³/mol. The normalized spacial score (nSPS) is 10.8. The number of benzene rings is 1. The summed E-state index contributed by atoms with van der Waals surface area (Å²) in [6.07, 6.45) is 0. The molecule has 0 bridgehead atoms. The molecule has 0 aliphatic rings. The molecule has 68 valence electrons. The average Bonchev–Trinajstić information content (AvgIpc) is 2.44. The zero-order valence-corrected chi connectivity index (χ0v) is 8.19. The van der Waals surface area contributed by atoms with Crippen molar-refractivity contribution < 1.29 is 10.2 Å². The van der Waals surface area contributed by atoms with Crippen LogP contribution < -0.4 is 0 Å². The van der Waals surface area contributed by atoms with Crippen LogP contribution >= 0.6 is 22.9 Å². The fourth-order valence-corrected chi connectivity index (χ4v) is 2.43. The minimum absolute atomic E-state index is 0.154. The van der Waals surface area contributed by atoms with Gasteiger partial charge in [-0.05, 0) is 18.2 Å². The molecule has 0 atom stereocenters. The van der Waals surface area contributed by atoms with Crippen molar-refractivity contribution in [2.45, 2.75) is 5.88 Å². The third-order valence-corrected chi connectivity index (χ3v) is 3.42. The average molecular weight is 215 g/mol. The highest BCUT2D eigenvalue weighted by atomic mass is 35.5. The Balaban J connectivity index is 2.77. The Kier molecular flexibility index (Phi) is 2.06. The van der Waals surface area contributed by atoms with Crippen molar-refractivity contribution in [2.24, 2.45) is 0 Å². The standard InChI is InChI=1S/C9H7ClO2S/c10-4-8-9(12)6-3-5(11)1-2-7(6)13-8/h1-3,11-12H,4H2. The third-order valence-electron chi connectivity index (χ3n) is 1.84. The third kappa shape index (κ3) is 1.34. The van der Waals surface area contributed by atoms with Gasteiger partial charge in [-0.25, -0.2) is 0 Å². The largest absolute Gasteiger partial charge is 0.508 e. The van der Waals surface area contributed by atoms with Gasteiger partial charge in [-0.1, -0.05) is 0 Å². The molecular formula is C9H7ClO2S. The molecule has 2 nitrogen and oxygen atoms in total. The molecule has 0 saturated heterocycles. The van der Waals surface area contributed by atoms with Crippen LogP contribution in [-0.2, 0) is 5.88 Å². The molecule has 1 aromatic carbocycles. The lowest BCUT2D eigenvalue weighted by Gasteiger charge is -1.92. The first-order chi connectivity index (χ1) is 6.22. The van der Waals surface area contributed by atoms with Gasteiger partial charge in [-0.15, -0.1) is 22.9 Å². The van der Waals surface area contributed by atoms with Crippen molar-refractivity contribution >= 4 is 33.0 Å². The van der Waals surface area contributed by atoms with Crippen LogP contribution in [0.4, 0.5) is 0 Å². The highest BCUT2D eigenvalue weighted by molar-refractivity contribution is 7.19. The monoisotopic (exact) mass is 214 g/mol. The zero-order chi connectivity index (χ0) is 9.42. The number of phenols is 1. The summed E-state index contributed by atoms with van der Waals surface area (Å²) in [5.41, 5.74) is 0. The van der Waals surface area contributed by atoms with E-state index >= 15 is 0 Å². The molecule has 0 amide bonds. The number of hydrogen-bond donors (Lipinski definition) is 2. The molecule has 2 rings (SSSR count). The van der Waals surface area contributed by atoms with E-state index < -0.39 is 0 Å². The Morgan fingerprint density at radius 1 is 1.31 bits per heavy atom. The molecule has 0 unspecified atom stereocenters. The maximum Gasteiger partial charge on any atom is 0.138 e. The summed E-state index contributed by atoms with van der Waals surface area (Å²) in [7, 11) is 0. The first-order valence-corrected chi connectivity index (χ1v) is 5.07. The molecule has 0 saturated carbocycles. The van der Waals surface area contributed by atoms with Crippen LogP contribution in [0, 0.1) is 0 Å². The molecule has 2 aromatic rings. The van der Waals surface area contributed by atoms with Gasteiger partial charge in [0.05, 0.1) is 10.8 Å². The fraction of sp³-hybridized carbons (Fsp3) is 0.111. The van der Waals surface area contributed by atoms with E-state index in [1.165, 1.54) is 17.4 Å². The quantitative estimate of drug-likeness (QED) is 0.717. The van der Waals surface area contributed by atoms with Gasteiger partial charge in [0.15, 0.2) is 0 Å². The molecule has 2 N–H and O–H groups in total. The number of alkyl halides is 1. The van der Waals surface area contributed by atoms with Gasteiger partial charge in [0.1, 0.15) is 11.5 Å². The lowest BCUT2D eigenvalue weighted by atomic mass is 10.2. The summed E-state index contributed by atoms with van der Waals surface area (Å²) in [6, 6.07) is 4.90. The zero-order valence-electron chi connectivity index (χ0n) is 6.62. The van der Waals surface area contributed by atoms with Crippen LogP contribution in [-0.4, -0.2) is 10.2 Å². The highest BCUT2D eigenvalue weighted by Gasteiger charge is 2.10. The second-order valence-corrected chi connectivity index (χ2v) is 4.09. The van der Waals surface area contributed by atoms with Gasteiger partial charge >= 0.3 is 0 Å². The number of fused-ring (bicyclic) bond motifs is 1. The first-order valence-electron chi connectivity index (χ1n) is 3.71. The molecule has 0 spiro atoms. The molecule has 0 fully saturated rings. The van der Waals surface area contributed by atoms with E-state index in [4.69, 9.17) is 11.6 Å². The van der Waals surface area contributed by atoms with Crippen molar-refractivity contribution in [3.8, 4) is 11.5 Å². The van der Waals surface area contributed by atoms with Crippen molar-refractivity contribution in [1.29, 1.82) is 0 Å². The van der Waals surface area contributed by atoms with Gasteiger partial charge in [0.25, 0.3) is 0 Å². The summed E-state index contributed by atoms with van der Waals surface area (Å²) >= 11 is 7.07. The summed E-state index contributed by atoms with van der Waals surface area (Å²) in [5.74, 6) is 0.638. The topological polar surface area (TPSA) is 40.5 Å². The minimum Gasteiger partial charge on any atom is -0.508 e. The molecule has 1 aromatic heterocycles. The Bertz CT molecular complexity index is 450. The number of rotatable bonds is 1. The van der Waals surface area contributed by atoms with E-state index in [2.05, 4.69) is 0 Å². The number of hydrogen-bond acceptors (Lipinski definition) is 3. The number of phenolic OH excluding ortho intramolecular Hbond substituents is 1. The number of halogens is 1. The SMILES string of the molecule is Oc1ccc2sc(CCl)c(O)c2c1. The summed E-state index contributed by atoms with van der Waals surface area (Å²) in [6.45, 7) is 0. The van der Waals surface area contributed by atoms with Gasteiger partial charge in [0.2, 0.25) is 0 Å². The van der Waals surface area contributed by atoms with Gasteiger partial charge in [-0.2, -0.15) is 0 Å². The second-order valence-electron chi connectivity index (χ2n) is 2.69. The van der Waals surface area contributed by atoms with Crippen LogP contribution in [0.5, 0.6) is 11.5 Å². The smallest absolute Gasteiger partial charge is 0.138 e. The van der Waals surface area contributed by atoms with Crippen molar-refractivity contribution in [1.82, 2.24) is 0 Å². The Hall–Kier alpha value is -0.930. The molecule has 0 aliphatic heterocycles. The van der Waals surface area contributed by atoms with Gasteiger partial charge < -0.3 is 10.2 Å². The summed E-state index contributed by atoms with van der Waals surface area (Å²) < 4.78 is 0.936. The number of thiophene rings is 1. The van der Waals surface area contributed by atoms with E-state index in [-0.39, 0.29) is 11.5 Å². The second kappa shape index (κ2) is 3.09. The van der Waals surface area contributed by atoms with E-state index in [1.54, 1.807) is 12.1 Å². The van der Waals surface area contributed by atoms with E-state index in [9.17, 15) is 10.2 Å². The van der Waals surface area contributed by atoms with Crippen LogP contribution in [0.25, 0.3) is 10.1 Å². The molecule has 13 heavy (non-hydrogen) atoms. The van der Waals surface area contributed by atoms with Crippen molar-refractivity contribution in [2.75, 3.05) is 0 Å². The molecule has 0 radical (unpaired) electrons. The highest BCUT2D eigenvalue weighted by Crippen LogP contribution is 2.39. The Labute approximate surface area is 84.0 Å². The van der Waals surface area contributed by atoms with Crippen molar-refractivity contribution in [3.63, 3.8) is 0 Å². The lowest BCUT2D eigenvalue weighted by molar-refractivity contribution is 0.471. The van der Waals surface area contributed by atoms with Crippen molar-refractivity contribution in [3.05, 3.63) is 23.1 Å². The predicted octanol–water partition coefficient (Wildman–Crippen LogP) is 3.05. The Morgan fingerprint density at radius 2 is 2.08 bits per heavy atom. The van der Waals surface area contributed by atoms with E-state index in [0.29, 0.717) is 11.3 Å². The lowest BCUT2D eigenvalue weighted by Crippen LogP contribution is -1.68. The van der Waals surface area contributed by atoms with E-state index in [0.717, 1.165) is 9.58 Å². The minimum atomic E-state index is 0.154. The fourth-order valence-electron chi connectivity index (χ4n) is 1.21. The van der Waals surface area contributed by atoms with Crippen LogP contribution in [0.15, 0.2) is 18.2 Å². The Morgan fingerprint density at radius 3 is 2.77 bits per heavy atom. The maximum absolute atomic E-state index is 9.63. The molecule has 1 heterocycles. The number of aromatic hydroxyl groups is 2. The van der Waals surface area contributed by atoms with E-state index in [1.807, 2.05) is 0 Å². The summed E-state index contributed by atoms with van der Waals surface area (Å²) in [5, 5.41) is 19.5. The first kappa shape index (κ1) is 8.66.